The molecule has 2 fully saturated rings. The zero-order valence-electron chi connectivity index (χ0n) is 12.4. The molecule has 2 saturated heterocycles. The molecule has 21 heavy (non-hydrogen) atoms. The molecule has 2 aliphatic heterocycles. The largest absolute Gasteiger partial charge is 0.375 e. The maximum absolute atomic E-state index is 12.9. The predicted molar refractivity (Wildman–Crippen MR) is 83.8 cm³/mol. The van der Waals surface area contributed by atoms with Crippen LogP contribution in [0.15, 0.2) is 4.21 Å². The molecule has 0 spiro atoms. The molecular weight excluding hydrogens is 308 g/mol. The SMILES string of the molecule is Cc1nc(N)sc1S(=O)(=O)N1CC2CCCCN2CC1C. The van der Waals surface area contributed by atoms with Gasteiger partial charge in [-0.05, 0) is 33.2 Å². The first-order valence-electron chi connectivity index (χ1n) is 7.38. The van der Waals surface area contributed by atoms with Gasteiger partial charge in [0.2, 0.25) is 0 Å². The topological polar surface area (TPSA) is 79.5 Å². The van der Waals surface area contributed by atoms with E-state index in [1.54, 1.807) is 11.2 Å². The highest BCUT2D eigenvalue weighted by atomic mass is 32.2. The lowest BCUT2D eigenvalue weighted by Gasteiger charge is -2.46. The summed E-state index contributed by atoms with van der Waals surface area (Å²) in [7, 11) is -3.49. The van der Waals surface area contributed by atoms with E-state index in [1.807, 2.05) is 6.92 Å². The van der Waals surface area contributed by atoms with Crippen LogP contribution in [0.2, 0.25) is 0 Å². The molecule has 0 radical (unpaired) electrons. The molecule has 8 heteroatoms. The Morgan fingerprint density at radius 3 is 2.76 bits per heavy atom. The van der Waals surface area contributed by atoms with Gasteiger partial charge in [-0.25, -0.2) is 13.4 Å². The minimum Gasteiger partial charge on any atom is -0.375 e. The van der Waals surface area contributed by atoms with Crippen LogP contribution >= 0.6 is 11.3 Å². The van der Waals surface area contributed by atoms with Gasteiger partial charge in [0.1, 0.15) is 0 Å². The molecule has 3 heterocycles. The average Bonchev–Trinajstić information content (AvgIpc) is 2.77. The number of aryl methyl sites for hydroxylation is 1. The Labute approximate surface area is 130 Å². The van der Waals surface area contributed by atoms with Gasteiger partial charge in [0.25, 0.3) is 10.0 Å². The van der Waals surface area contributed by atoms with E-state index in [0.29, 0.717) is 27.6 Å². The molecule has 2 aliphatic rings. The first kappa shape index (κ1) is 15.2. The van der Waals surface area contributed by atoms with E-state index < -0.39 is 10.0 Å². The highest BCUT2D eigenvalue weighted by Gasteiger charge is 2.40. The summed E-state index contributed by atoms with van der Waals surface area (Å²) in [5, 5.41) is 0.315. The minimum absolute atomic E-state index is 0.00734. The zero-order chi connectivity index (χ0) is 15.2. The fraction of sp³-hybridized carbons (Fsp3) is 0.769. The predicted octanol–water partition coefficient (Wildman–Crippen LogP) is 1.28. The number of piperazine rings is 1. The van der Waals surface area contributed by atoms with Crippen molar-refractivity contribution in [2.75, 3.05) is 25.4 Å². The second kappa shape index (κ2) is 5.49. The summed E-state index contributed by atoms with van der Waals surface area (Å²) in [5.74, 6) is 0. The summed E-state index contributed by atoms with van der Waals surface area (Å²) in [5.41, 5.74) is 6.17. The van der Waals surface area contributed by atoms with Crippen molar-refractivity contribution in [1.29, 1.82) is 0 Å². The van der Waals surface area contributed by atoms with Crippen molar-refractivity contribution >= 4 is 26.5 Å². The number of hydrogen-bond acceptors (Lipinski definition) is 6. The smallest absolute Gasteiger partial charge is 0.254 e. The molecule has 0 bridgehead atoms. The number of rotatable bonds is 2. The lowest BCUT2D eigenvalue weighted by Crippen LogP contribution is -2.59. The van der Waals surface area contributed by atoms with Crippen LogP contribution in [0.1, 0.15) is 31.9 Å². The van der Waals surface area contributed by atoms with Crippen molar-refractivity contribution in [3.8, 4) is 0 Å². The summed E-state index contributed by atoms with van der Waals surface area (Å²) in [6.07, 6.45) is 3.50. The fourth-order valence-corrected chi connectivity index (χ4v) is 6.48. The summed E-state index contributed by atoms with van der Waals surface area (Å²) in [4.78, 5) is 6.50. The monoisotopic (exact) mass is 330 g/mol. The second-order valence-corrected chi connectivity index (χ2v) is 9.11. The van der Waals surface area contributed by atoms with Crippen molar-refractivity contribution in [2.24, 2.45) is 0 Å². The summed E-state index contributed by atoms with van der Waals surface area (Å²) >= 11 is 1.07. The molecule has 0 aliphatic carbocycles. The zero-order valence-corrected chi connectivity index (χ0v) is 14.1. The number of hydrogen-bond donors (Lipinski definition) is 1. The van der Waals surface area contributed by atoms with Crippen LogP contribution in [0, 0.1) is 6.92 Å². The standard InChI is InChI=1S/C13H22N4O2S2/c1-9-7-16-6-4-3-5-11(16)8-17(9)21(18,19)12-10(2)15-13(14)20-12/h9,11H,3-8H2,1-2H3,(H2,14,15). The van der Waals surface area contributed by atoms with E-state index >= 15 is 0 Å². The van der Waals surface area contributed by atoms with Crippen LogP contribution in [-0.2, 0) is 10.0 Å². The Kier molecular flexibility index (Phi) is 3.98. The number of nitrogen functional groups attached to an aromatic ring is 1. The molecule has 0 amide bonds. The maximum Gasteiger partial charge on any atom is 0.254 e. The lowest BCUT2D eigenvalue weighted by molar-refractivity contribution is 0.0565. The van der Waals surface area contributed by atoms with Crippen molar-refractivity contribution in [3.05, 3.63) is 5.69 Å². The van der Waals surface area contributed by atoms with Gasteiger partial charge in [-0.1, -0.05) is 17.8 Å². The molecule has 1 aromatic rings. The molecule has 0 saturated carbocycles. The number of aromatic nitrogens is 1. The van der Waals surface area contributed by atoms with Gasteiger partial charge < -0.3 is 5.73 Å². The van der Waals surface area contributed by atoms with Gasteiger partial charge in [0, 0.05) is 25.2 Å². The third-order valence-corrected chi connectivity index (χ3v) is 8.00. The number of anilines is 1. The third-order valence-electron chi connectivity index (χ3n) is 4.44. The van der Waals surface area contributed by atoms with E-state index in [2.05, 4.69) is 9.88 Å². The van der Waals surface area contributed by atoms with Gasteiger partial charge in [-0.2, -0.15) is 4.31 Å². The maximum atomic E-state index is 12.9. The number of piperidine rings is 1. The quantitative estimate of drug-likeness (QED) is 0.884. The highest BCUT2D eigenvalue weighted by molar-refractivity contribution is 7.91. The Hall–Kier alpha value is -0.700. The molecular formula is C13H22N4O2S2. The van der Waals surface area contributed by atoms with Crippen LogP contribution in [0.4, 0.5) is 5.13 Å². The summed E-state index contributed by atoms with van der Waals surface area (Å²) in [6.45, 7) is 6.19. The van der Waals surface area contributed by atoms with Gasteiger partial charge in [-0.15, -0.1) is 0 Å². The van der Waals surface area contributed by atoms with Crippen LogP contribution in [-0.4, -0.2) is 54.3 Å². The van der Waals surface area contributed by atoms with E-state index in [1.165, 1.54) is 12.8 Å². The first-order chi connectivity index (χ1) is 9.89. The van der Waals surface area contributed by atoms with Crippen LogP contribution in [0.3, 0.4) is 0 Å². The molecule has 118 valence electrons. The number of sulfonamides is 1. The van der Waals surface area contributed by atoms with Crippen molar-refractivity contribution in [3.63, 3.8) is 0 Å². The van der Waals surface area contributed by atoms with E-state index in [-0.39, 0.29) is 6.04 Å². The van der Waals surface area contributed by atoms with E-state index in [0.717, 1.165) is 30.8 Å². The Bertz CT molecular complexity index is 628. The van der Waals surface area contributed by atoms with Crippen molar-refractivity contribution in [2.45, 2.75) is 49.4 Å². The van der Waals surface area contributed by atoms with Gasteiger partial charge in [-0.3, -0.25) is 4.90 Å². The van der Waals surface area contributed by atoms with Crippen LogP contribution in [0.25, 0.3) is 0 Å². The van der Waals surface area contributed by atoms with Gasteiger partial charge >= 0.3 is 0 Å². The second-order valence-electron chi connectivity index (χ2n) is 5.99. The number of nitrogens with two attached hydrogens (primary N) is 1. The normalized spacial score (nSPS) is 28.5. The van der Waals surface area contributed by atoms with Gasteiger partial charge in [0.15, 0.2) is 9.34 Å². The Morgan fingerprint density at radius 1 is 1.33 bits per heavy atom. The molecule has 2 N–H and O–H groups in total. The highest BCUT2D eigenvalue weighted by Crippen LogP contribution is 2.32. The Morgan fingerprint density at radius 2 is 2.10 bits per heavy atom. The summed E-state index contributed by atoms with van der Waals surface area (Å²) in [6, 6.07) is 0.349. The molecule has 3 rings (SSSR count). The first-order valence-corrected chi connectivity index (χ1v) is 9.64. The summed E-state index contributed by atoms with van der Waals surface area (Å²) < 4.78 is 27.8. The molecule has 2 atom stereocenters. The lowest BCUT2D eigenvalue weighted by atomic mass is 9.99. The molecule has 1 aromatic heterocycles. The minimum atomic E-state index is -3.49. The van der Waals surface area contributed by atoms with Crippen molar-refractivity contribution < 1.29 is 8.42 Å². The number of thiazole rings is 1. The van der Waals surface area contributed by atoms with Crippen LogP contribution < -0.4 is 5.73 Å². The molecule has 2 unspecified atom stereocenters. The van der Waals surface area contributed by atoms with Crippen molar-refractivity contribution in [1.82, 2.24) is 14.2 Å². The van der Waals surface area contributed by atoms with Crippen LogP contribution in [0.5, 0.6) is 0 Å². The number of nitrogens with zero attached hydrogens (tertiary/aromatic N) is 3. The average molecular weight is 330 g/mol. The Balaban J connectivity index is 1.89. The number of fused-ring (bicyclic) bond motifs is 1. The van der Waals surface area contributed by atoms with E-state index in [4.69, 9.17) is 5.73 Å². The molecule has 0 aromatic carbocycles. The van der Waals surface area contributed by atoms with Gasteiger partial charge in [0.05, 0.1) is 5.69 Å². The molecule has 6 nitrogen and oxygen atoms in total. The van der Waals surface area contributed by atoms with E-state index in [9.17, 15) is 8.42 Å². The third kappa shape index (κ3) is 2.69. The fourth-order valence-electron chi connectivity index (χ4n) is 3.41.